The first-order valence-electron chi connectivity index (χ1n) is 7.36. The minimum Gasteiger partial charge on any atom is -0.438 e. The van der Waals surface area contributed by atoms with E-state index in [0.717, 1.165) is 29.6 Å². The van der Waals surface area contributed by atoms with Gasteiger partial charge in [-0.3, -0.25) is 0 Å². The average Bonchev–Trinajstić information content (AvgIpc) is 2.83. The van der Waals surface area contributed by atoms with Crippen LogP contribution in [0, 0.1) is 0 Å². The first kappa shape index (κ1) is 13.7. The zero-order valence-electron chi connectivity index (χ0n) is 12.2. The number of ether oxygens (including phenoxy) is 1. The minimum atomic E-state index is 0.545. The smallest absolute Gasteiger partial charge is 0.234 e. The van der Waals surface area contributed by atoms with Crippen LogP contribution in [0.4, 0.5) is 0 Å². The van der Waals surface area contributed by atoms with Crippen LogP contribution >= 0.6 is 15.9 Å². The van der Waals surface area contributed by atoms with Crippen LogP contribution in [0.15, 0.2) is 29.1 Å². The molecule has 22 heavy (non-hydrogen) atoms. The van der Waals surface area contributed by atoms with Crippen molar-refractivity contribution in [3.05, 3.63) is 40.3 Å². The number of hydrogen-bond donors (Lipinski definition) is 0. The van der Waals surface area contributed by atoms with Gasteiger partial charge in [0.2, 0.25) is 5.88 Å². The second kappa shape index (κ2) is 5.35. The van der Waals surface area contributed by atoms with Crippen LogP contribution in [0.5, 0.6) is 11.6 Å². The molecule has 0 aliphatic heterocycles. The normalized spacial score (nSPS) is 14.1. The number of nitrogens with zero attached hydrogens (tertiary/aromatic N) is 4. The summed E-state index contributed by atoms with van der Waals surface area (Å²) in [5, 5.41) is 5.13. The van der Waals surface area contributed by atoms with Crippen molar-refractivity contribution in [1.82, 2.24) is 19.7 Å². The van der Waals surface area contributed by atoms with E-state index in [1.807, 2.05) is 13.1 Å². The lowest BCUT2D eigenvalue weighted by atomic mass is 9.91. The Labute approximate surface area is 136 Å². The van der Waals surface area contributed by atoms with Crippen molar-refractivity contribution in [2.75, 3.05) is 0 Å². The molecule has 2 heterocycles. The van der Waals surface area contributed by atoms with Crippen LogP contribution in [0.2, 0.25) is 0 Å². The highest BCUT2D eigenvalue weighted by molar-refractivity contribution is 9.10. The van der Waals surface area contributed by atoms with Gasteiger partial charge in [0, 0.05) is 7.05 Å². The fourth-order valence-electron chi connectivity index (χ4n) is 3.04. The molecule has 6 heteroatoms. The molecule has 0 fully saturated rings. The molecule has 1 aliphatic carbocycles. The molecule has 0 radical (unpaired) electrons. The molecule has 1 aliphatic rings. The highest BCUT2D eigenvalue weighted by atomic mass is 79.9. The maximum Gasteiger partial charge on any atom is 0.234 e. The van der Waals surface area contributed by atoms with E-state index < -0.39 is 0 Å². The van der Waals surface area contributed by atoms with Crippen LogP contribution in [-0.4, -0.2) is 19.7 Å². The van der Waals surface area contributed by atoms with Crippen LogP contribution in [0.25, 0.3) is 11.0 Å². The van der Waals surface area contributed by atoms with E-state index in [1.54, 1.807) is 4.68 Å². The second-order valence-corrected chi connectivity index (χ2v) is 6.25. The lowest BCUT2D eigenvalue weighted by Gasteiger charge is -2.19. The molecule has 0 atom stereocenters. The third-order valence-electron chi connectivity index (χ3n) is 4.10. The lowest BCUT2D eigenvalue weighted by molar-refractivity contribution is 0.457. The van der Waals surface area contributed by atoms with E-state index in [1.165, 1.54) is 30.3 Å². The average molecular weight is 359 g/mol. The van der Waals surface area contributed by atoms with Crippen LogP contribution < -0.4 is 4.74 Å². The van der Waals surface area contributed by atoms with Gasteiger partial charge in [-0.05, 0) is 58.8 Å². The molecule has 0 N–H and O–H groups in total. The molecule has 0 amide bonds. The third kappa shape index (κ3) is 2.18. The molecule has 0 saturated heterocycles. The van der Waals surface area contributed by atoms with E-state index in [4.69, 9.17) is 4.74 Å². The Balaban J connectivity index is 1.82. The molecule has 0 bridgehead atoms. The quantitative estimate of drug-likeness (QED) is 0.699. The lowest BCUT2D eigenvalue weighted by Crippen LogP contribution is -2.04. The molecule has 5 nitrogen and oxygen atoms in total. The number of halogens is 1. The molecule has 2 aromatic heterocycles. The van der Waals surface area contributed by atoms with Crippen LogP contribution in [-0.2, 0) is 19.9 Å². The summed E-state index contributed by atoms with van der Waals surface area (Å²) in [5.41, 5.74) is 3.45. The van der Waals surface area contributed by atoms with Gasteiger partial charge in [-0.1, -0.05) is 12.1 Å². The van der Waals surface area contributed by atoms with E-state index >= 15 is 0 Å². The van der Waals surface area contributed by atoms with Crippen molar-refractivity contribution in [3.8, 4) is 11.6 Å². The summed E-state index contributed by atoms with van der Waals surface area (Å²) in [7, 11) is 1.86. The molecular formula is C16H15BrN4O. The van der Waals surface area contributed by atoms with E-state index in [2.05, 4.69) is 43.1 Å². The number of aryl methyl sites for hydroxylation is 2. The number of hydrogen-bond acceptors (Lipinski definition) is 4. The van der Waals surface area contributed by atoms with Gasteiger partial charge in [0.15, 0.2) is 5.65 Å². The topological polar surface area (TPSA) is 52.8 Å². The Morgan fingerprint density at radius 1 is 1.18 bits per heavy atom. The fourth-order valence-corrected chi connectivity index (χ4v) is 3.62. The van der Waals surface area contributed by atoms with Crippen molar-refractivity contribution in [1.29, 1.82) is 0 Å². The van der Waals surface area contributed by atoms with Gasteiger partial charge in [0.25, 0.3) is 0 Å². The zero-order valence-corrected chi connectivity index (χ0v) is 13.8. The van der Waals surface area contributed by atoms with Crippen molar-refractivity contribution in [3.63, 3.8) is 0 Å². The number of aromatic nitrogens is 4. The predicted octanol–water partition coefficient (Wildman–Crippen LogP) is 3.80. The van der Waals surface area contributed by atoms with Gasteiger partial charge in [0.05, 0.1) is 0 Å². The van der Waals surface area contributed by atoms with Gasteiger partial charge in [-0.15, -0.1) is 0 Å². The molecule has 0 spiro atoms. The van der Waals surface area contributed by atoms with Gasteiger partial charge < -0.3 is 4.74 Å². The summed E-state index contributed by atoms with van der Waals surface area (Å²) in [5.74, 6) is 1.44. The first-order chi connectivity index (χ1) is 10.7. The highest BCUT2D eigenvalue weighted by Gasteiger charge is 2.18. The maximum absolute atomic E-state index is 6.15. The second-order valence-electron chi connectivity index (χ2n) is 5.49. The van der Waals surface area contributed by atoms with Crippen molar-refractivity contribution in [2.45, 2.75) is 25.7 Å². The Morgan fingerprint density at radius 3 is 2.95 bits per heavy atom. The molecular weight excluding hydrogens is 344 g/mol. The van der Waals surface area contributed by atoms with Crippen LogP contribution in [0.3, 0.4) is 0 Å². The molecule has 0 unspecified atom stereocenters. The van der Waals surface area contributed by atoms with Gasteiger partial charge in [-0.2, -0.15) is 5.10 Å². The minimum absolute atomic E-state index is 0.545. The van der Waals surface area contributed by atoms with E-state index in [9.17, 15) is 0 Å². The van der Waals surface area contributed by atoms with Crippen molar-refractivity contribution >= 4 is 27.0 Å². The van der Waals surface area contributed by atoms with Crippen LogP contribution in [0.1, 0.15) is 24.0 Å². The molecule has 4 rings (SSSR count). The first-order valence-corrected chi connectivity index (χ1v) is 8.15. The fraction of sp³-hybridized carbons (Fsp3) is 0.312. The summed E-state index contributed by atoms with van der Waals surface area (Å²) < 4.78 is 8.57. The summed E-state index contributed by atoms with van der Waals surface area (Å²) in [6.07, 6.45) is 6.17. The molecule has 1 aromatic carbocycles. The monoisotopic (exact) mass is 358 g/mol. The SMILES string of the molecule is Cn1nc(Br)c2c(Oc3cccc4c3CCCC4)ncnc21. The van der Waals surface area contributed by atoms with Gasteiger partial charge >= 0.3 is 0 Å². The van der Waals surface area contributed by atoms with E-state index in [-0.39, 0.29) is 0 Å². The van der Waals surface area contributed by atoms with Gasteiger partial charge in [-0.25, -0.2) is 14.6 Å². The highest BCUT2D eigenvalue weighted by Crippen LogP contribution is 2.35. The standard InChI is InChI=1S/C16H15BrN4O/c1-21-15-13(14(17)20-21)16(19-9-18-15)22-12-8-4-6-10-5-2-3-7-11(10)12/h4,6,8-9H,2-3,5,7H2,1H3. The number of benzene rings is 1. The van der Waals surface area contributed by atoms with Crippen molar-refractivity contribution in [2.24, 2.45) is 7.05 Å². The number of rotatable bonds is 2. The molecule has 112 valence electrons. The third-order valence-corrected chi connectivity index (χ3v) is 4.66. The molecule has 0 saturated carbocycles. The maximum atomic E-state index is 6.15. The Kier molecular flexibility index (Phi) is 3.33. The zero-order chi connectivity index (χ0) is 15.1. The van der Waals surface area contributed by atoms with E-state index in [0.29, 0.717) is 10.5 Å². The molecule has 3 aromatic rings. The Hall–Kier alpha value is -1.95. The summed E-state index contributed by atoms with van der Waals surface area (Å²) >= 11 is 3.46. The number of fused-ring (bicyclic) bond motifs is 2. The Morgan fingerprint density at radius 2 is 2.05 bits per heavy atom. The Bertz CT molecular complexity index is 859. The largest absolute Gasteiger partial charge is 0.438 e. The van der Waals surface area contributed by atoms with Gasteiger partial charge in [0.1, 0.15) is 22.1 Å². The summed E-state index contributed by atoms with van der Waals surface area (Å²) in [6, 6.07) is 6.26. The van der Waals surface area contributed by atoms with Crippen molar-refractivity contribution < 1.29 is 4.74 Å². The predicted molar refractivity (Wildman–Crippen MR) is 87.2 cm³/mol. The summed E-state index contributed by atoms with van der Waals surface area (Å²) in [6.45, 7) is 0. The summed E-state index contributed by atoms with van der Waals surface area (Å²) in [4.78, 5) is 8.58.